The van der Waals surface area contributed by atoms with Crippen LogP contribution in [0.4, 0.5) is 0 Å². The summed E-state index contributed by atoms with van der Waals surface area (Å²) in [7, 11) is 0. The lowest BCUT2D eigenvalue weighted by atomic mass is 9.83. The molecule has 3 aliphatic rings. The van der Waals surface area contributed by atoms with Crippen LogP contribution < -0.4 is 10.6 Å². The quantitative estimate of drug-likeness (QED) is 0.785. The Morgan fingerprint density at radius 1 is 1.35 bits per heavy atom. The van der Waals surface area contributed by atoms with Crippen LogP contribution in [0.5, 0.6) is 0 Å². The van der Waals surface area contributed by atoms with Crippen molar-refractivity contribution < 1.29 is 4.74 Å². The molecule has 1 spiro atoms. The third-order valence-corrected chi connectivity index (χ3v) is 4.90. The lowest BCUT2D eigenvalue weighted by molar-refractivity contribution is -0.105. The van der Waals surface area contributed by atoms with E-state index in [1.807, 2.05) is 0 Å². The first-order valence-corrected chi connectivity index (χ1v) is 7.42. The van der Waals surface area contributed by atoms with Gasteiger partial charge >= 0.3 is 0 Å². The van der Waals surface area contributed by atoms with E-state index in [0.717, 1.165) is 31.7 Å². The average molecular weight is 238 g/mol. The zero-order valence-electron chi connectivity index (χ0n) is 11.0. The third-order valence-electron chi connectivity index (χ3n) is 4.90. The van der Waals surface area contributed by atoms with E-state index < -0.39 is 0 Å². The SMILES string of the molecule is CC[C@@H]1C[C@H]1N[C@H]1CCOC2(CCNCC2)C1. The van der Waals surface area contributed by atoms with Crippen molar-refractivity contribution in [2.75, 3.05) is 19.7 Å². The molecule has 3 heteroatoms. The molecule has 2 N–H and O–H groups in total. The van der Waals surface area contributed by atoms with Crippen LogP contribution in [-0.4, -0.2) is 37.4 Å². The van der Waals surface area contributed by atoms with Gasteiger partial charge in [0.15, 0.2) is 0 Å². The van der Waals surface area contributed by atoms with E-state index in [1.54, 1.807) is 0 Å². The normalized spacial score (nSPS) is 40.4. The van der Waals surface area contributed by atoms with Gasteiger partial charge in [-0.05, 0) is 51.1 Å². The molecule has 0 aromatic heterocycles. The van der Waals surface area contributed by atoms with Gasteiger partial charge in [-0.3, -0.25) is 0 Å². The Morgan fingerprint density at radius 3 is 2.88 bits per heavy atom. The fourth-order valence-electron chi connectivity index (χ4n) is 3.61. The van der Waals surface area contributed by atoms with E-state index in [0.29, 0.717) is 6.04 Å². The minimum Gasteiger partial charge on any atom is -0.375 e. The van der Waals surface area contributed by atoms with Crippen LogP contribution in [0.2, 0.25) is 0 Å². The Hall–Kier alpha value is -0.120. The summed E-state index contributed by atoms with van der Waals surface area (Å²) in [5, 5.41) is 7.31. The molecule has 0 radical (unpaired) electrons. The maximum atomic E-state index is 6.11. The van der Waals surface area contributed by atoms with Crippen LogP contribution in [0.1, 0.15) is 45.4 Å². The summed E-state index contributed by atoms with van der Waals surface area (Å²) in [6.45, 7) is 5.53. The molecule has 0 bridgehead atoms. The summed E-state index contributed by atoms with van der Waals surface area (Å²) in [5.41, 5.74) is 0.206. The summed E-state index contributed by atoms with van der Waals surface area (Å²) in [4.78, 5) is 0. The Morgan fingerprint density at radius 2 is 2.18 bits per heavy atom. The summed E-state index contributed by atoms with van der Waals surface area (Å²) in [6.07, 6.45) is 7.60. The second-order valence-electron chi connectivity index (χ2n) is 6.15. The molecule has 3 nitrogen and oxygen atoms in total. The molecule has 17 heavy (non-hydrogen) atoms. The van der Waals surface area contributed by atoms with Crippen LogP contribution in [0.3, 0.4) is 0 Å². The molecule has 98 valence electrons. The minimum absolute atomic E-state index is 0.206. The van der Waals surface area contributed by atoms with E-state index in [4.69, 9.17) is 4.74 Å². The van der Waals surface area contributed by atoms with Crippen molar-refractivity contribution in [3.8, 4) is 0 Å². The summed E-state index contributed by atoms with van der Waals surface area (Å²) in [6, 6.07) is 1.53. The maximum absolute atomic E-state index is 6.11. The fraction of sp³-hybridized carbons (Fsp3) is 1.00. The van der Waals surface area contributed by atoms with Gasteiger partial charge in [0, 0.05) is 18.7 Å². The molecule has 1 aliphatic carbocycles. The van der Waals surface area contributed by atoms with Crippen LogP contribution in [0.15, 0.2) is 0 Å². The number of nitrogens with one attached hydrogen (secondary N) is 2. The Labute approximate surface area is 105 Å². The standard InChI is InChI=1S/C14H26N2O/c1-2-11-9-13(11)16-12-3-8-17-14(10-12)4-6-15-7-5-14/h11-13,15-16H,2-10H2,1H3/t11-,12+,13-/m1/s1. The van der Waals surface area contributed by atoms with Gasteiger partial charge in [0.2, 0.25) is 0 Å². The molecule has 2 aliphatic heterocycles. The van der Waals surface area contributed by atoms with E-state index in [9.17, 15) is 0 Å². The van der Waals surface area contributed by atoms with Gasteiger partial charge in [-0.1, -0.05) is 13.3 Å². The molecule has 3 rings (SSSR count). The molecule has 0 aromatic carbocycles. The van der Waals surface area contributed by atoms with E-state index in [1.165, 1.54) is 38.5 Å². The number of piperidine rings is 1. The number of rotatable bonds is 3. The molecule has 2 saturated heterocycles. The summed E-state index contributed by atoms with van der Waals surface area (Å²) < 4.78 is 6.11. The zero-order valence-corrected chi connectivity index (χ0v) is 11.0. The molecular formula is C14H26N2O. The molecule has 1 saturated carbocycles. The van der Waals surface area contributed by atoms with Crippen LogP contribution in [0, 0.1) is 5.92 Å². The van der Waals surface area contributed by atoms with Crippen LogP contribution in [-0.2, 0) is 4.74 Å². The Bertz CT molecular complexity index is 257. The molecule has 3 atom stereocenters. The topological polar surface area (TPSA) is 33.3 Å². The van der Waals surface area contributed by atoms with Crippen molar-refractivity contribution >= 4 is 0 Å². The van der Waals surface area contributed by atoms with Crippen molar-refractivity contribution in [1.29, 1.82) is 0 Å². The predicted octanol–water partition coefficient (Wildman–Crippen LogP) is 1.68. The van der Waals surface area contributed by atoms with Crippen LogP contribution >= 0.6 is 0 Å². The van der Waals surface area contributed by atoms with Crippen molar-refractivity contribution in [2.45, 2.75) is 63.1 Å². The van der Waals surface area contributed by atoms with E-state index >= 15 is 0 Å². The number of hydrogen-bond acceptors (Lipinski definition) is 3. The Balaban J connectivity index is 1.52. The highest BCUT2D eigenvalue weighted by Gasteiger charge is 2.42. The Kier molecular flexibility index (Phi) is 3.42. The molecule has 2 heterocycles. The van der Waals surface area contributed by atoms with Crippen LogP contribution in [0.25, 0.3) is 0 Å². The zero-order chi connectivity index (χ0) is 11.7. The number of ether oxygens (including phenoxy) is 1. The molecule has 0 unspecified atom stereocenters. The van der Waals surface area contributed by atoms with Gasteiger partial charge in [0.05, 0.1) is 5.60 Å². The first-order chi connectivity index (χ1) is 8.31. The largest absolute Gasteiger partial charge is 0.375 e. The second-order valence-corrected chi connectivity index (χ2v) is 6.15. The monoisotopic (exact) mass is 238 g/mol. The smallest absolute Gasteiger partial charge is 0.0721 e. The van der Waals surface area contributed by atoms with Crippen molar-refractivity contribution in [1.82, 2.24) is 10.6 Å². The molecule has 0 amide bonds. The minimum atomic E-state index is 0.206. The lowest BCUT2D eigenvalue weighted by Gasteiger charge is -2.44. The van der Waals surface area contributed by atoms with Gasteiger partial charge < -0.3 is 15.4 Å². The highest BCUT2D eigenvalue weighted by Crippen LogP contribution is 2.37. The predicted molar refractivity (Wildman–Crippen MR) is 69.1 cm³/mol. The first-order valence-electron chi connectivity index (χ1n) is 7.42. The van der Waals surface area contributed by atoms with Gasteiger partial charge in [0.25, 0.3) is 0 Å². The summed E-state index contributed by atoms with van der Waals surface area (Å²) >= 11 is 0. The fourth-order valence-corrected chi connectivity index (χ4v) is 3.61. The van der Waals surface area contributed by atoms with Gasteiger partial charge in [0.1, 0.15) is 0 Å². The second kappa shape index (κ2) is 4.87. The van der Waals surface area contributed by atoms with Gasteiger partial charge in [-0.25, -0.2) is 0 Å². The van der Waals surface area contributed by atoms with Gasteiger partial charge in [-0.2, -0.15) is 0 Å². The highest BCUT2D eigenvalue weighted by molar-refractivity contribution is 4.98. The third kappa shape index (κ3) is 2.67. The maximum Gasteiger partial charge on any atom is 0.0721 e. The highest BCUT2D eigenvalue weighted by atomic mass is 16.5. The lowest BCUT2D eigenvalue weighted by Crippen LogP contribution is -2.52. The van der Waals surface area contributed by atoms with E-state index in [2.05, 4.69) is 17.6 Å². The van der Waals surface area contributed by atoms with E-state index in [-0.39, 0.29) is 5.60 Å². The van der Waals surface area contributed by atoms with Crippen molar-refractivity contribution in [2.24, 2.45) is 5.92 Å². The molecule has 3 fully saturated rings. The van der Waals surface area contributed by atoms with Crippen molar-refractivity contribution in [3.05, 3.63) is 0 Å². The van der Waals surface area contributed by atoms with Crippen molar-refractivity contribution in [3.63, 3.8) is 0 Å². The van der Waals surface area contributed by atoms with Gasteiger partial charge in [-0.15, -0.1) is 0 Å². The molecule has 0 aromatic rings. The number of hydrogen-bond donors (Lipinski definition) is 2. The molecular weight excluding hydrogens is 212 g/mol. The summed E-state index contributed by atoms with van der Waals surface area (Å²) in [5.74, 6) is 0.960. The average Bonchev–Trinajstić information content (AvgIpc) is 3.08. The first kappa shape index (κ1) is 11.9.